The van der Waals surface area contributed by atoms with Gasteiger partial charge in [-0.05, 0) is 61.7 Å². The highest BCUT2D eigenvalue weighted by Gasteiger charge is 2.42. The maximum Gasteiger partial charge on any atom is 0.323 e. The van der Waals surface area contributed by atoms with Gasteiger partial charge >= 0.3 is 6.03 Å². The number of aryl methyl sites for hydroxylation is 3. The molecule has 0 spiro atoms. The molecule has 0 aliphatic carbocycles. The second-order valence-electron chi connectivity index (χ2n) is 7.74. The van der Waals surface area contributed by atoms with E-state index in [-0.39, 0.29) is 32.1 Å². The summed E-state index contributed by atoms with van der Waals surface area (Å²) >= 11 is 0. The number of rotatable bonds is 5. The average molecular weight is 424 g/mol. The Bertz CT molecular complexity index is 991. The van der Waals surface area contributed by atoms with Gasteiger partial charge in [-0.25, -0.2) is 4.79 Å². The number of hydrogen-bond donors (Lipinski definition) is 3. The van der Waals surface area contributed by atoms with Gasteiger partial charge in [0.25, 0.3) is 11.8 Å². The van der Waals surface area contributed by atoms with E-state index in [9.17, 15) is 14.4 Å². The SMILES string of the molecule is Cc1cccc(NC(=O)N2CCN(C(=O)c3ccc(C)c(C)c3)C2C(=O)NCCN)c1. The van der Waals surface area contributed by atoms with E-state index in [0.717, 1.165) is 16.7 Å². The standard InChI is InChI=1S/C23H29N5O3/c1-15-5-4-6-19(13-15)26-23(31)28-12-11-27(21(28)20(29)25-10-9-24)22(30)18-8-7-16(2)17(3)14-18/h4-8,13-14,21H,9-12,24H2,1-3H3,(H,25,29)(H,26,31). The summed E-state index contributed by atoms with van der Waals surface area (Å²) in [5.74, 6) is -0.721. The van der Waals surface area contributed by atoms with Crippen LogP contribution in [-0.4, -0.2) is 60.0 Å². The number of anilines is 1. The molecule has 1 atom stereocenters. The van der Waals surface area contributed by atoms with E-state index >= 15 is 0 Å². The molecule has 1 aliphatic rings. The van der Waals surface area contributed by atoms with Gasteiger partial charge in [0, 0.05) is 37.4 Å². The number of urea groups is 1. The lowest BCUT2D eigenvalue weighted by molar-refractivity contribution is -0.127. The van der Waals surface area contributed by atoms with Crippen LogP contribution in [0.5, 0.6) is 0 Å². The lowest BCUT2D eigenvalue weighted by atomic mass is 10.1. The summed E-state index contributed by atoms with van der Waals surface area (Å²) in [6.07, 6.45) is -1.05. The fourth-order valence-electron chi connectivity index (χ4n) is 3.58. The lowest BCUT2D eigenvalue weighted by Gasteiger charge is -2.29. The Hall–Kier alpha value is -3.39. The summed E-state index contributed by atoms with van der Waals surface area (Å²) < 4.78 is 0. The fraction of sp³-hybridized carbons (Fsp3) is 0.348. The molecule has 164 valence electrons. The molecule has 1 fully saturated rings. The maximum absolute atomic E-state index is 13.2. The van der Waals surface area contributed by atoms with Crippen LogP contribution in [0.25, 0.3) is 0 Å². The summed E-state index contributed by atoms with van der Waals surface area (Å²) in [5.41, 5.74) is 9.70. The summed E-state index contributed by atoms with van der Waals surface area (Å²) in [6.45, 7) is 6.86. The first-order valence-electron chi connectivity index (χ1n) is 10.3. The molecule has 4 amide bonds. The molecule has 4 N–H and O–H groups in total. The number of nitrogens with two attached hydrogens (primary N) is 1. The zero-order chi connectivity index (χ0) is 22.5. The molecule has 2 aromatic rings. The molecule has 8 nitrogen and oxygen atoms in total. The molecule has 0 bridgehead atoms. The molecule has 31 heavy (non-hydrogen) atoms. The van der Waals surface area contributed by atoms with Crippen molar-refractivity contribution in [2.24, 2.45) is 5.73 Å². The largest absolute Gasteiger partial charge is 0.351 e. The van der Waals surface area contributed by atoms with Gasteiger partial charge in [-0.3, -0.25) is 14.5 Å². The molecule has 0 radical (unpaired) electrons. The molecule has 0 aromatic heterocycles. The molecule has 8 heteroatoms. The number of carbonyl (C=O) groups is 3. The van der Waals surface area contributed by atoms with Crippen molar-refractivity contribution in [3.8, 4) is 0 Å². The number of nitrogens with zero attached hydrogens (tertiary/aromatic N) is 2. The van der Waals surface area contributed by atoms with Crippen LogP contribution >= 0.6 is 0 Å². The normalized spacial score (nSPS) is 15.7. The van der Waals surface area contributed by atoms with Gasteiger partial charge in [-0.2, -0.15) is 0 Å². The van der Waals surface area contributed by atoms with Crippen molar-refractivity contribution in [1.29, 1.82) is 0 Å². The Morgan fingerprint density at radius 1 is 1.00 bits per heavy atom. The average Bonchev–Trinajstić information content (AvgIpc) is 3.19. The zero-order valence-corrected chi connectivity index (χ0v) is 18.1. The second-order valence-corrected chi connectivity index (χ2v) is 7.74. The van der Waals surface area contributed by atoms with E-state index in [2.05, 4.69) is 10.6 Å². The number of hydrogen-bond acceptors (Lipinski definition) is 4. The highest BCUT2D eigenvalue weighted by atomic mass is 16.2. The van der Waals surface area contributed by atoms with E-state index < -0.39 is 18.1 Å². The Labute approximate surface area is 182 Å². The smallest absolute Gasteiger partial charge is 0.323 e. The van der Waals surface area contributed by atoms with Crippen LogP contribution in [-0.2, 0) is 4.79 Å². The second kappa shape index (κ2) is 9.61. The van der Waals surface area contributed by atoms with Gasteiger partial charge in [-0.1, -0.05) is 18.2 Å². The predicted octanol–water partition coefficient (Wildman–Crippen LogP) is 2.00. The van der Waals surface area contributed by atoms with Gasteiger partial charge in [-0.15, -0.1) is 0 Å². The highest BCUT2D eigenvalue weighted by Crippen LogP contribution is 2.21. The lowest BCUT2D eigenvalue weighted by Crippen LogP contribution is -2.55. The van der Waals surface area contributed by atoms with Crippen LogP contribution in [0.2, 0.25) is 0 Å². The molecule has 1 heterocycles. The van der Waals surface area contributed by atoms with Crippen LogP contribution in [0.15, 0.2) is 42.5 Å². The van der Waals surface area contributed by atoms with Crippen LogP contribution < -0.4 is 16.4 Å². The van der Waals surface area contributed by atoms with Crippen LogP contribution in [0, 0.1) is 20.8 Å². The molecule has 2 aromatic carbocycles. The number of carbonyl (C=O) groups excluding carboxylic acids is 3. The Balaban J connectivity index is 1.85. The molecule has 1 aliphatic heterocycles. The third kappa shape index (κ3) is 5.03. The van der Waals surface area contributed by atoms with Crippen LogP contribution in [0.3, 0.4) is 0 Å². The van der Waals surface area contributed by atoms with Crippen molar-refractivity contribution in [2.45, 2.75) is 26.9 Å². The first-order chi connectivity index (χ1) is 14.8. The van der Waals surface area contributed by atoms with Crippen molar-refractivity contribution in [3.05, 3.63) is 64.7 Å². The van der Waals surface area contributed by atoms with Crippen molar-refractivity contribution in [1.82, 2.24) is 15.1 Å². The van der Waals surface area contributed by atoms with Crippen LogP contribution in [0.1, 0.15) is 27.0 Å². The zero-order valence-electron chi connectivity index (χ0n) is 18.1. The van der Waals surface area contributed by atoms with Gasteiger partial charge in [0.05, 0.1) is 0 Å². The number of amides is 4. The minimum atomic E-state index is -1.05. The minimum Gasteiger partial charge on any atom is -0.351 e. The maximum atomic E-state index is 13.2. The monoisotopic (exact) mass is 423 g/mol. The molecule has 0 saturated carbocycles. The number of nitrogens with one attached hydrogen (secondary N) is 2. The van der Waals surface area contributed by atoms with Gasteiger partial charge < -0.3 is 21.3 Å². The van der Waals surface area contributed by atoms with Gasteiger partial charge in [0.2, 0.25) is 0 Å². The molecular formula is C23H29N5O3. The topological polar surface area (TPSA) is 108 Å². The Morgan fingerprint density at radius 3 is 2.42 bits per heavy atom. The summed E-state index contributed by atoms with van der Waals surface area (Å²) in [7, 11) is 0. The summed E-state index contributed by atoms with van der Waals surface area (Å²) in [6, 6.07) is 12.4. The fourth-order valence-corrected chi connectivity index (χ4v) is 3.58. The van der Waals surface area contributed by atoms with Crippen molar-refractivity contribution in [2.75, 3.05) is 31.5 Å². The van der Waals surface area contributed by atoms with Crippen molar-refractivity contribution >= 4 is 23.5 Å². The van der Waals surface area contributed by atoms with Gasteiger partial charge in [0.15, 0.2) is 6.17 Å². The van der Waals surface area contributed by atoms with E-state index in [1.165, 1.54) is 9.80 Å². The Kier molecular flexibility index (Phi) is 6.91. The third-order valence-corrected chi connectivity index (χ3v) is 5.40. The Morgan fingerprint density at radius 2 is 1.74 bits per heavy atom. The summed E-state index contributed by atoms with van der Waals surface area (Å²) in [5, 5.41) is 5.54. The highest BCUT2D eigenvalue weighted by molar-refractivity contribution is 6.00. The van der Waals surface area contributed by atoms with E-state index in [1.807, 2.05) is 51.1 Å². The first kappa shape index (κ1) is 22.3. The number of benzene rings is 2. The third-order valence-electron chi connectivity index (χ3n) is 5.40. The van der Waals surface area contributed by atoms with Crippen LogP contribution in [0.4, 0.5) is 10.5 Å². The van der Waals surface area contributed by atoms with E-state index in [4.69, 9.17) is 5.73 Å². The first-order valence-corrected chi connectivity index (χ1v) is 10.3. The summed E-state index contributed by atoms with van der Waals surface area (Å²) in [4.78, 5) is 42.0. The van der Waals surface area contributed by atoms with Crippen molar-refractivity contribution in [3.63, 3.8) is 0 Å². The van der Waals surface area contributed by atoms with E-state index in [1.54, 1.807) is 12.1 Å². The molecule has 1 saturated heterocycles. The predicted molar refractivity (Wildman–Crippen MR) is 120 cm³/mol. The van der Waals surface area contributed by atoms with E-state index in [0.29, 0.717) is 11.3 Å². The quantitative estimate of drug-likeness (QED) is 0.684. The minimum absolute atomic E-state index is 0.245. The molecule has 1 unspecified atom stereocenters. The molecule has 3 rings (SSSR count). The molecular weight excluding hydrogens is 394 g/mol. The van der Waals surface area contributed by atoms with Crippen molar-refractivity contribution < 1.29 is 14.4 Å². The van der Waals surface area contributed by atoms with Gasteiger partial charge in [0.1, 0.15) is 0 Å².